The Kier molecular flexibility index (Phi) is 6.53. The largest absolute Gasteiger partial charge is 0.457 e. The van der Waals surface area contributed by atoms with Crippen LogP contribution in [0.1, 0.15) is 11.3 Å². The van der Waals surface area contributed by atoms with Gasteiger partial charge in [0.2, 0.25) is 5.91 Å². The predicted molar refractivity (Wildman–Crippen MR) is 128 cm³/mol. The molecule has 3 amide bonds. The Morgan fingerprint density at radius 2 is 2.00 bits per heavy atom. The fraction of sp³-hybridized carbons (Fsp3) is 0.0870. The molecule has 0 spiro atoms. The molecule has 0 unspecified atom stereocenters. The van der Waals surface area contributed by atoms with Crippen molar-refractivity contribution in [1.29, 1.82) is 0 Å². The van der Waals surface area contributed by atoms with Crippen molar-refractivity contribution < 1.29 is 23.7 Å². The maximum absolute atomic E-state index is 12.7. The van der Waals surface area contributed by atoms with Crippen molar-refractivity contribution in [3.05, 3.63) is 86.0 Å². The van der Waals surface area contributed by atoms with Gasteiger partial charge in [0.05, 0.1) is 14.9 Å². The lowest BCUT2D eigenvalue weighted by molar-refractivity contribution is -0.384. The summed E-state index contributed by atoms with van der Waals surface area (Å²) in [6.07, 6.45) is 1.37. The molecule has 1 fully saturated rings. The summed E-state index contributed by atoms with van der Waals surface area (Å²) in [7, 11) is 0. The number of carbonyl (C=O) groups excluding carboxylic acids is 3. The molecule has 9 nitrogen and oxygen atoms in total. The Hall–Kier alpha value is -3.89. The van der Waals surface area contributed by atoms with Crippen molar-refractivity contribution in [3.8, 4) is 11.3 Å². The molecule has 11 heteroatoms. The van der Waals surface area contributed by atoms with Crippen LogP contribution in [0.25, 0.3) is 17.4 Å². The molecule has 3 aromatic rings. The highest BCUT2D eigenvalue weighted by Crippen LogP contribution is 2.35. The summed E-state index contributed by atoms with van der Waals surface area (Å²) in [4.78, 5) is 48.8. The summed E-state index contributed by atoms with van der Waals surface area (Å²) in [5.74, 6) is -0.625. The number of non-ortho nitro benzene ring substituents is 1. The van der Waals surface area contributed by atoms with Crippen molar-refractivity contribution in [1.82, 2.24) is 4.90 Å². The first-order chi connectivity index (χ1) is 16.2. The minimum Gasteiger partial charge on any atom is -0.457 e. The van der Waals surface area contributed by atoms with E-state index in [1.807, 2.05) is 13.0 Å². The average Bonchev–Trinajstić information content (AvgIpc) is 3.34. The van der Waals surface area contributed by atoms with Crippen LogP contribution in [-0.2, 0) is 9.59 Å². The number of hydrogen-bond acceptors (Lipinski definition) is 7. The molecule has 0 aliphatic carbocycles. The van der Waals surface area contributed by atoms with Gasteiger partial charge in [-0.3, -0.25) is 29.4 Å². The van der Waals surface area contributed by atoms with Crippen molar-refractivity contribution in [2.75, 3.05) is 11.9 Å². The molecule has 0 radical (unpaired) electrons. The second-order valence-corrected chi connectivity index (χ2v) is 8.71. The molecule has 2 aromatic carbocycles. The fourth-order valence-electron chi connectivity index (χ4n) is 3.22. The lowest BCUT2D eigenvalue weighted by Crippen LogP contribution is -2.36. The number of anilines is 1. The Morgan fingerprint density at radius 1 is 1.21 bits per heavy atom. The van der Waals surface area contributed by atoms with Crippen LogP contribution in [0.5, 0.6) is 0 Å². The smallest absolute Gasteiger partial charge is 0.294 e. The molecule has 0 saturated carbocycles. The standard InChI is InChI=1S/C23H16ClN3O6S/c1-13-3-2-4-14(9-13)25-21(28)12-26-22(29)20(34-23(26)30)11-16-6-8-19(33-16)17-10-15(27(31)32)5-7-18(17)24/h2-11H,12H2,1H3,(H,25,28)/b20-11-. The fourth-order valence-corrected chi connectivity index (χ4v) is 4.25. The number of amides is 3. The first-order valence-electron chi connectivity index (χ1n) is 9.87. The number of halogens is 1. The third-order valence-corrected chi connectivity index (χ3v) is 6.04. The number of benzene rings is 2. The molecule has 172 valence electrons. The Bertz CT molecular complexity index is 1370. The topological polar surface area (TPSA) is 123 Å². The highest BCUT2D eigenvalue weighted by molar-refractivity contribution is 8.18. The second kappa shape index (κ2) is 9.54. The van der Waals surface area contributed by atoms with Gasteiger partial charge in [0.25, 0.3) is 16.8 Å². The molecule has 1 aromatic heterocycles. The van der Waals surface area contributed by atoms with E-state index in [1.54, 1.807) is 30.3 Å². The molecule has 1 N–H and O–H groups in total. The maximum atomic E-state index is 12.7. The van der Waals surface area contributed by atoms with E-state index in [1.165, 1.54) is 24.3 Å². The van der Waals surface area contributed by atoms with Crippen molar-refractivity contribution in [3.63, 3.8) is 0 Å². The number of furan rings is 1. The van der Waals surface area contributed by atoms with Gasteiger partial charge in [-0.1, -0.05) is 23.7 Å². The number of nitro groups is 1. The number of aryl methyl sites for hydroxylation is 1. The summed E-state index contributed by atoms with van der Waals surface area (Å²) < 4.78 is 5.68. The second-order valence-electron chi connectivity index (χ2n) is 7.31. The van der Waals surface area contributed by atoms with Crippen LogP contribution in [0.3, 0.4) is 0 Å². The van der Waals surface area contributed by atoms with E-state index in [0.29, 0.717) is 23.0 Å². The zero-order chi connectivity index (χ0) is 24.4. The van der Waals surface area contributed by atoms with Gasteiger partial charge in [-0.25, -0.2) is 0 Å². The first-order valence-corrected chi connectivity index (χ1v) is 11.1. The monoisotopic (exact) mass is 497 g/mol. The van der Waals surface area contributed by atoms with Gasteiger partial charge in [0.15, 0.2) is 0 Å². The van der Waals surface area contributed by atoms with Gasteiger partial charge in [0.1, 0.15) is 18.1 Å². The lowest BCUT2D eigenvalue weighted by atomic mass is 10.1. The van der Waals surface area contributed by atoms with Crippen molar-refractivity contribution in [2.24, 2.45) is 0 Å². The van der Waals surface area contributed by atoms with Crippen LogP contribution in [0.2, 0.25) is 5.02 Å². The van der Waals surface area contributed by atoms with Crippen LogP contribution in [0.15, 0.2) is 63.9 Å². The number of rotatable bonds is 6. The van der Waals surface area contributed by atoms with Gasteiger partial charge in [-0.05, 0) is 54.6 Å². The van der Waals surface area contributed by atoms with Crippen LogP contribution in [0.4, 0.5) is 16.2 Å². The van der Waals surface area contributed by atoms with Gasteiger partial charge in [-0.2, -0.15) is 0 Å². The van der Waals surface area contributed by atoms with E-state index < -0.39 is 28.5 Å². The summed E-state index contributed by atoms with van der Waals surface area (Å²) in [6.45, 7) is 1.45. The van der Waals surface area contributed by atoms with Gasteiger partial charge in [0, 0.05) is 29.5 Å². The molecule has 4 rings (SSSR count). The number of hydrogen-bond donors (Lipinski definition) is 1. The Balaban J connectivity index is 1.49. The zero-order valence-electron chi connectivity index (χ0n) is 17.6. The number of carbonyl (C=O) groups is 3. The van der Waals surface area contributed by atoms with Crippen LogP contribution >= 0.6 is 23.4 Å². The molecule has 2 heterocycles. The number of nitro benzene ring substituents is 1. The minimum absolute atomic E-state index is 0.0828. The Labute approximate surface area is 202 Å². The normalized spacial score (nSPS) is 14.6. The molecule has 0 bridgehead atoms. The van der Waals surface area contributed by atoms with E-state index in [4.69, 9.17) is 16.0 Å². The summed E-state index contributed by atoms with van der Waals surface area (Å²) >= 11 is 6.83. The Morgan fingerprint density at radius 3 is 2.74 bits per heavy atom. The van der Waals surface area contributed by atoms with Crippen molar-refractivity contribution >= 4 is 57.9 Å². The van der Waals surface area contributed by atoms with E-state index in [0.717, 1.165) is 10.5 Å². The number of nitrogens with zero attached hydrogens (tertiary/aromatic N) is 2. The van der Waals surface area contributed by atoms with Gasteiger partial charge >= 0.3 is 0 Å². The van der Waals surface area contributed by atoms with E-state index in [9.17, 15) is 24.5 Å². The van der Waals surface area contributed by atoms with Gasteiger partial charge in [-0.15, -0.1) is 0 Å². The SMILES string of the molecule is Cc1cccc(NC(=O)CN2C(=O)S/C(=C\c3ccc(-c4cc([N+](=O)[O-])ccc4Cl)o3)C2=O)c1. The third kappa shape index (κ3) is 5.03. The van der Waals surface area contributed by atoms with E-state index in [2.05, 4.69) is 5.32 Å². The van der Waals surface area contributed by atoms with Gasteiger partial charge < -0.3 is 9.73 Å². The molecular formula is C23H16ClN3O6S. The van der Waals surface area contributed by atoms with E-state index in [-0.39, 0.29) is 27.1 Å². The highest BCUT2D eigenvalue weighted by Gasteiger charge is 2.36. The van der Waals surface area contributed by atoms with Crippen molar-refractivity contribution in [2.45, 2.75) is 6.92 Å². The van der Waals surface area contributed by atoms with E-state index >= 15 is 0 Å². The molecule has 1 aliphatic heterocycles. The molecule has 34 heavy (non-hydrogen) atoms. The molecule has 1 saturated heterocycles. The van der Waals surface area contributed by atoms with Crippen LogP contribution < -0.4 is 5.32 Å². The van der Waals surface area contributed by atoms with Crippen LogP contribution in [0, 0.1) is 17.0 Å². The third-order valence-electron chi connectivity index (χ3n) is 4.80. The van der Waals surface area contributed by atoms with Crippen LogP contribution in [-0.4, -0.2) is 33.4 Å². The molecular weight excluding hydrogens is 482 g/mol. The lowest BCUT2D eigenvalue weighted by Gasteiger charge is -2.12. The maximum Gasteiger partial charge on any atom is 0.294 e. The zero-order valence-corrected chi connectivity index (χ0v) is 19.2. The molecule has 0 atom stereocenters. The average molecular weight is 498 g/mol. The first kappa shape index (κ1) is 23.3. The predicted octanol–water partition coefficient (Wildman–Crippen LogP) is 5.49. The summed E-state index contributed by atoms with van der Waals surface area (Å²) in [6, 6.07) is 14.2. The quantitative estimate of drug-likeness (QED) is 0.271. The minimum atomic E-state index is -0.624. The summed E-state index contributed by atoms with van der Waals surface area (Å²) in [5.41, 5.74) is 1.69. The molecule has 1 aliphatic rings. The number of imide groups is 1. The highest BCUT2D eigenvalue weighted by atomic mass is 35.5. The number of nitrogens with one attached hydrogen (secondary N) is 1. The number of thioether (sulfide) groups is 1. The summed E-state index contributed by atoms with van der Waals surface area (Å²) in [5, 5.41) is 13.4.